The summed E-state index contributed by atoms with van der Waals surface area (Å²) in [5.74, 6) is -0.419. The van der Waals surface area contributed by atoms with E-state index >= 15 is 0 Å². The van der Waals surface area contributed by atoms with E-state index in [1.54, 1.807) is 24.9 Å². The van der Waals surface area contributed by atoms with E-state index in [-0.39, 0.29) is 0 Å². The number of carbonyl (C=O) groups excluding carboxylic acids is 1. The average Bonchev–Trinajstić information content (AvgIpc) is 2.59. The number of nitrogens with zero attached hydrogens (tertiary/aromatic N) is 1. The van der Waals surface area contributed by atoms with Crippen LogP contribution in [0.5, 0.6) is 0 Å². The van der Waals surface area contributed by atoms with Crippen LogP contribution in [0.1, 0.15) is 6.92 Å². The van der Waals surface area contributed by atoms with Gasteiger partial charge in [-0.1, -0.05) is 30.3 Å². The molecule has 0 spiro atoms. The Bertz CT molecular complexity index is 948. The maximum atomic E-state index is 11.9. The van der Waals surface area contributed by atoms with Crippen molar-refractivity contribution in [2.75, 3.05) is 11.9 Å². The molecule has 0 saturated heterocycles. The Kier molecular flexibility index (Phi) is 4.08. The summed E-state index contributed by atoms with van der Waals surface area (Å²) in [5.41, 5.74) is 7.94. The normalized spacial score (nSPS) is 12.1. The van der Waals surface area contributed by atoms with Crippen LogP contribution in [0.2, 0.25) is 0 Å². The van der Waals surface area contributed by atoms with Crippen LogP contribution in [-0.2, 0) is 4.79 Å². The summed E-state index contributed by atoms with van der Waals surface area (Å²) in [5, 5.41) is 0.838. The number of nitrogens with two attached hydrogens (primary N) is 1. The second kappa shape index (κ2) is 6.20. The number of hydrogen-bond acceptors (Lipinski definition) is 4. The molecule has 0 bridgehead atoms. The van der Waals surface area contributed by atoms with E-state index in [0.717, 1.165) is 22.2 Å². The highest BCUT2D eigenvalue weighted by Crippen LogP contribution is 2.30. The number of carbonyl (C=O) groups is 1. The zero-order valence-corrected chi connectivity index (χ0v) is 13.5. The maximum absolute atomic E-state index is 11.9. The quantitative estimate of drug-likeness (QED) is 0.749. The first-order valence-corrected chi connectivity index (χ1v) is 7.63. The van der Waals surface area contributed by atoms with E-state index in [1.165, 1.54) is 6.07 Å². The Labute approximate surface area is 139 Å². The Morgan fingerprint density at radius 1 is 1.12 bits per heavy atom. The summed E-state index contributed by atoms with van der Waals surface area (Å²) in [6.45, 7) is 1.73. The number of primary amides is 1. The molecule has 2 N–H and O–H groups in total. The largest absolute Gasteiger partial charge is 0.423 e. The Morgan fingerprint density at radius 3 is 2.50 bits per heavy atom. The topological polar surface area (TPSA) is 76.5 Å². The minimum atomic E-state index is -0.466. The minimum Gasteiger partial charge on any atom is -0.423 e. The molecule has 24 heavy (non-hydrogen) atoms. The van der Waals surface area contributed by atoms with Gasteiger partial charge in [-0.05, 0) is 30.2 Å². The van der Waals surface area contributed by atoms with Gasteiger partial charge in [-0.15, -0.1) is 0 Å². The maximum Gasteiger partial charge on any atom is 0.336 e. The van der Waals surface area contributed by atoms with E-state index in [9.17, 15) is 9.59 Å². The third-order valence-electron chi connectivity index (χ3n) is 4.21. The van der Waals surface area contributed by atoms with Crippen molar-refractivity contribution >= 4 is 22.6 Å². The molecule has 0 aliphatic heterocycles. The van der Waals surface area contributed by atoms with Gasteiger partial charge in [0.15, 0.2) is 0 Å². The summed E-state index contributed by atoms with van der Waals surface area (Å²) in [7, 11) is 1.77. The third-order valence-corrected chi connectivity index (χ3v) is 4.21. The summed E-state index contributed by atoms with van der Waals surface area (Å²) >= 11 is 0. The standard InChI is InChI=1S/C19H18N2O3/c1-12(19(20)23)21(2)14-8-9-15-16(13-6-4-3-5-7-13)11-18(22)24-17(15)10-14/h3-12H,1-2H3,(H2,20,23). The van der Waals surface area contributed by atoms with E-state index < -0.39 is 17.6 Å². The van der Waals surface area contributed by atoms with Crippen LogP contribution in [0, 0.1) is 0 Å². The molecule has 1 unspecified atom stereocenters. The molecule has 1 amide bonds. The van der Waals surface area contributed by atoms with Gasteiger partial charge in [0.05, 0.1) is 0 Å². The first-order chi connectivity index (χ1) is 11.5. The lowest BCUT2D eigenvalue weighted by molar-refractivity contribution is -0.118. The van der Waals surface area contributed by atoms with Crippen molar-refractivity contribution in [1.82, 2.24) is 0 Å². The van der Waals surface area contributed by atoms with Gasteiger partial charge in [0.25, 0.3) is 0 Å². The van der Waals surface area contributed by atoms with Crippen LogP contribution in [0.4, 0.5) is 5.69 Å². The molecular weight excluding hydrogens is 304 g/mol. The molecule has 0 fully saturated rings. The Balaban J connectivity index is 2.15. The van der Waals surface area contributed by atoms with Crippen molar-refractivity contribution in [3.63, 3.8) is 0 Å². The van der Waals surface area contributed by atoms with Crippen LogP contribution in [0.15, 0.2) is 63.8 Å². The molecule has 2 aromatic carbocycles. The van der Waals surface area contributed by atoms with E-state index in [0.29, 0.717) is 5.58 Å². The molecule has 1 heterocycles. The van der Waals surface area contributed by atoms with Gasteiger partial charge in [-0.3, -0.25) is 4.79 Å². The summed E-state index contributed by atoms with van der Waals surface area (Å²) in [6.07, 6.45) is 0. The second-order valence-corrected chi connectivity index (χ2v) is 5.71. The fourth-order valence-corrected chi connectivity index (χ4v) is 2.64. The third kappa shape index (κ3) is 2.88. The van der Waals surface area contributed by atoms with Gasteiger partial charge >= 0.3 is 5.63 Å². The monoisotopic (exact) mass is 322 g/mol. The molecule has 1 atom stereocenters. The Hall–Kier alpha value is -3.08. The van der Waals surface area contributed by atoms with E-state index in [2.05, 4.69) is 0 Å². The van der Waals surface area contributed by atoms with Crippen LogP contribution < -0.4 is 16.3 Å². The zero-order valence-electron chi connectivity index (χ0n) is 13.5. The molecular formula is C19H18N2O3. The van der Waals surface area contributed by atoms with Crippen LogP contribution in [0.3, 0.4) is 0 Å². The van der Waals surface area contributed by atoms with Gasteiger partial charge in [-0.25, -0.2) is 4.79 Å². The number of fused-ring (bicyclic) bond motifs is 1. The summed E-state index contributed by atoms with van der Waals surface area (Å²) < 4.78 is 5.36. The molecule has 5 nitrogen and oxygen atoms in total. The van der Waals surface area contributed by atoms with Gasteiger partial charge < -0.3 is 15.1 Å². The smallest absolute Gasteiger partial charge is 0.336 e. The predicted molar refractivity (Wildman–Crippen MR) is 95.0 cm³/mol. The average molecular weight is 322 g/mol. The van der Waals surface area contributed by atoms with Crippen LogP contribution in [-0.4, -0.2) is 19.0 Å². The SMILES string of the molecule is CC(C(N)=O)N(C)c1ccc2c(-c3ccccc3)cc(=O)oc2c1. The summed E-state index contributed by atoms with van der Waals surface area (Å²) in [4.78, 5) is 25.1. The molecule has 1 aromatic heterocycles. The number of benzene rings is 2. The highest BCUT2D eigenvalue weighted by molar-refractivity contribution is 5.95. The highest BCUT2D eigenvalue weighted by Gasteiger charge is 2.17. The van der Waals surface area contributed by atoms with Gasteiger partial charge in [0.1, 0.15) is 11.6 Å². The van der Waals surface area contributed by atoms with Gasteiger partial charge in [-0.2, -0.15) is 0 Å². The molecule has 0 aliphatic rings. The lowest BCUT2D eigenvalue weighted by Crippen LogP contribution is -2.40. The fourth-order valence-electron chi connectivity index (χ4n) is 2.64. The first-order valence-electron chi connectivity index (χ1n) is 7.63. The zero-order chi connectivity index (χ0) is 17.3. The minimum absolute atomic E-state index is 0.413. The van der Waals surface area contributed by atoms with Crippen molar-refractivity contribution in [1.29, 1.82) is 0 Å². The number of hydrogen-bond donors (Lipinski definition) is 1. The van der Waals surface area contributed by atoms with E-state index in [4.69, 9.17) is 10.2 Å². The molecule has 3 aromatic rings. The van der Waals surface area contributed by atoms with Crippen molar-refractivity contribution in [3.05, 3.63) is 65.0 Å². The molecule has 5 heteroatoms. The number of anilines is 1. The number of likely N-dealkylation sites (N-methyl/N-ethyl adjacent to an activating group) is 1. The predicted octanol–water partition coefficient (Wildman–Crippen LogP) is 2.77. The fraction of sp³-hybridized carbons (Fsp3) is 0.158. The van der Waals surface area contributed by atoms with E-state index in [1.807, 2.05) is 42.5 Å². The number of amides is 1. The second-order valence-electron chi connectivity index (χ2n) is 5.71. The highest BCUT2D eigenvalue weighted by atomic mass is 16.4. The van der Waals surface area contributed by atoms with Gasteiger partial charge in [0.2, 0.25) is 5.91 Å². The Morgan fingerprint density at radius 2 is 1.83 bits per heavy atom. The summed E-state index contributed by atoms with van der Waals surface area (Å²) in [6, 6.07) is 16.2. The molecule has 0 radical (unpaired) electrons. The van der Waals surface area contributed by atoms with Gasteiger partial charge in [0, 0.05) is 30.3 Å². The lowest BCUT2D eigenvalue weighted by atomic mass is 10.0. The van der Waals surface area contributed by atoms with Crippen LogP contribution in [0.25, 0.3) is 22.1 Å². The molecule has 0 saturated carbocycles. The van der Waals surface area contributed by atoms with Crippen molar-refractivity contribution in [2.45, 2.75) is 13.0 Å². The van der Waals surface area contributed by atoms with Crippen molar-refractivity contribution in [3.8, 4) is 11.1 Å². The molecule has 3 rings (SSSR count). The number of rotatable bonds is 4. The van der Waals surface area contributed by atoms with Crippen molar-refractivity contribution < 1.29 is 9.21 Å². The first kappa shape index (κ1) is 15.8. The molecule has 0 aliphatic carbocycles. The lowest BCUT2D eigenvalue weighted by Gasteiger charge is -2.24. The van der Waals surface area contributed by atoms with Crippen LogP contribution >= 0.6 is 0 Å². The van der Waals surface area contributed by atoms with Crippen molar-refractivity contribution in [2.24, 2.45) is 5.73 Å². The molecule has 122 valence electrons.